The first-order valence-electron chi connectivity index (χ1n) is 8.81. The van der Waals surface area contributed by atoms with E-state index in [1.165, 1.54) is 11.1 Å². The van der Waals surface area contributed by atoms with Crippen LogP contribution < -0.4 is 5.32 Å². The summed E-state index contributed by atoms with van der Waals surface area (Å²) >= 11 is 0. The third kappa shape index (κ3) is 6.39. The third-order valence-corrected chi connectivity index (χ3v) is 4.03. The molecule has 1 heterocycles. The standard InChI is InChI=1S/C21H25N5.HI/c1-25(2)21(23-15-18-9-5-3-6-10-18)22-14-13-19-16-24-26(17-19)20-11-7-4-8-12-20;/h3-12,16-17H,13-15H2,1-2H3,(H,22,23);1H. The van der Waals surface area contributed by atoms with Crippen molar-refractivity contribution < 1.29 is 0 Å². The molecule has 27 heavy (non-hydrogen) atoms. The van der Waals surface area contributed by atoms with Crippen LogP contribution in [0.15, 0.2) is 78.0 Å². The van der Waals surface area contributed by atoms with E-state index in [1.54, 1.807) is 0 Å². The van der Waals surface area contributed by atoms with Gasteiger partial charge < -0.3 is 10.2 Å². The second kappa shape index (κ2) is 10.7. The van der Waals surface area contributed by atoms with E-state index in [9.17, 15) is 0 Å². The van der Waals surface area contributed by atoms with Crippen LogP contribution in [-0.2, 0) is 13.0 Å². The van der Waals surface area contributed by atoms with Crippen molar-refractivity contribution in [3.63, 3.8) is 0 Å². The van der Waals surface area contributed by atoms with E-state index >= 15 is 0 Å². The highest BCUT2D eigenvalue weighted by Gasteiger charge is 2.04. The third-order valence-electron chi connectivity index (χ3n) is 4.03. The number of aliphatic imine (C=N–C) groups is 1. The number of aromatic nitrogens is 2. The number of nitrogens with one attached hydrogen (secondary N) is 1. The summed E-state index contributed by atoms with van der Waals surface area (Å²) in [6.07, 6.45) is 4.89. The SMILES string of the molecule is CN(C)C(=NCc1ccccc1)NCCc1cnn(-c2ccccc2)c1.I. The van der Waals surface area contributed by atoms with Crippen molar-refractivity contribution >= 4 is 29.9 Å². The number of para-hydroxylation sites is 1. The lowest BCUT2D eigenvalue weighted by molar-refractivity contribution is 0.579. The van der Waals surface area contributed by atoms with Crippen LogP contribution in [0.3, 0.4) is 0 Å². The zero-order valence-corrected chi connectivity index (χ0v) is 18.1. The lowest BCUT2D eigenvalue weighted by Gasteiger charge is -2.17. The second-order valence-electron chi connectivity index (χ2n) is 6.33. The van der Waals surface area contributed by atoms with Crippen LogP contribution in [0.5, 0.6) is 0 Å². The molecule has 0 bridgehead atoms. The Balaban J connectivity index is 0.00000261. The Kier molecular flexibility index (Phi) is 8.32. The summed E-state index contributed by atoms with van der Waals surface area (Å²) in [4.78, 5) is 6.70. The largest absolute Gasteiger partial charge is 0.356 e. The molecular formula is C21H26IN5. The van der Waals surface area contributed by atoms with Gasteiger partial charge >= 0.3 is 0 Å². The molecule has 0 saturated carbocycles. The predicted octanol–water partition coefficient (Wildman–Crippen LogP) is 3.74. The Hall–Kier alpha value is -2.35. The average molecular weight is 475 g/mol. The quantitative estimate of drug-likeness (QED) is 0.336. The maximum atomic E-state index is 4.69. The molecule has 0 atom stereocenters. The number of nitrogens with zero attached hydrogens (tertiary/aromatic N) is 4. The van der Waals surface area contributed by atoms with E-state index in [1.807, 2.05) is 66.3 Å². The molecule has 6 heteroatoms. The van der Waals surface area contributed by atoms with Gasteiger partial charge in [0.15, 0.2) is 5.96 Å². The van der Waals surface area contributed by atoms with Crippen molar-refractivity contribution in [1.82, 2.24) is 20.0 Å². The van der Waals surface area contributed by atoms with Gasteiger partial charge in [-0.05, 0) is 29.7 Å². The highest BCUT2D eigenvalue weighted by Crippen LogP contribution is 2.08. The van der Waals surface area contributed by atoms with E-state index in [0.717, 1.165) is 24.6 Å². The number of benzene rings is 2. The molecule has 142 valence electrons. The Morgan fingerprint density at radius 3 is 2.33 bits per heavy atom. The fourth-order valence-corrected chi connectivity index (χ4v) is 2.63. The van der Waals surface area contributed by atoms with Crippen LogP contribution >= 0.6 is 24.0 Å². The molecule has 0 fully saturated rings. The number of guanidine groups is 1. The molecule has 0 aliphatic carbocycles. The Bertz CT molecular complexity index is 828. The predicted molar refractivity (Wildman–Crippen MR) is 122 cm³/mol. The van der Waals surface area contributed by atoms with Gasteiger partial charge in [-0.1, -0.05) is 48.5 Å². The summed E-state index contributed by atoms with van der Waals surface area (Å²) in [5, 5.41) is 7.87. The van der Waals surface area contributed by atoms with Crippen LogP contribution in [0, 0.1) is 0 Å². The maximum absolute atomic E-state index is 4.69. The number of hydrogen-bond acceptors (Lipinski definition) is 2. The molecule has 3 aromatic rings. The molecule has 3 rings (SSSR count). The van der Waals surface area contributed by atoms with Crippen molar-refractivity contribution in [3.05, 3.63) is 84.2 Å². The van der Waals surface area contributed by atoms with E-state index in [-0.39, 0.29) is 24.0 Å². The minimum atomic E-state index is 0. The first-order chi connectivity index (χ1) is 12.7. The first kappa shape index (κ1) is 21.0. The molecule has 0 radical (unpaired) electrons. The summed E-state index contributed by atoms with van der Waals surface area (Å²) in [5.74, 6) is 0.893. The van der Waals surface area contributed by atoms with Gasteiger partial charge in [-0.3, -0.25) is 0 Å². The summed E-state index contributed by atoms with van der Waals surface area (Å²) in [5.41, 5.74) is 3.48. The van der Waals surface area contributed by atoms with Crippen LogP contribution in [0.2, 0.25) is 0 Å². The van der Waals surface area contributed by atoms with Crippen LogP contribution in [0.25, 0.3) is 5.69 Å². The molecule has 1 N–H and O–H groups in total. The van der Waals surface area contributed by atoms with Gasteiger partial charge in [0, 0.05) is 26.8 Å². The molecule has 5 nitrogen and oxygen atoms in total. The van der Waals surface area contributed by atoms with Gasteiger partial charge in [-0.25, -0.2) is 9.67 Å². The van der Waals surface area contributed by atoms with E-state index in [0.29, 0.717) is 6.54 Å². The molecular weight excluding hydrogens is 449 g/mol. The highest BCUT2D eigenvalue weighted by atomic mass is 127. The van der Waals surface area contributed by atoms with Crippen molar-refractivity contribution in [2.75, 3.05) is 20.6 Å². The molecule has 0 amide bonds. The average Bonchev–Trinajstić information content (AvgIpc) is 3.15. The van der Waals surface area contributed by atoms with E-state index in [2.05, 4.69) is 45.9 Å². The summed E-state index contributed by atoms with van der Waals surface area (Å²) in [6, 6.07) is 20.4. The lowest BCUT2D eigenvalue weighted by atomic mass is 10.2. The Labute approximate surface area is 178 Å². The summed E-state index contributed by atoms with van der Waals surface area (Å²) in [6.45, 7) is 1.49. The topological polar surface area (TPSA) is 45.4 Å². The van der Waals surface area contributed by atoms with Gasteiger partial charge in [0.05, 0.1) is 18.4 Å². The normalized spacial score (nSPS) is 11.0. The fourth-order valence-electron chi connectivity index (χ4n) is 2.63. The molecule has 0 saturated heterocycles. The minimum absolute atomic E-state index is 0. The fraction of sp³-hybridized carbons (Fsp3) is 0.238. The lowest BCUT2D eigenvalue weighted by Crippen LogP contribution is -2.37. The molecule has 1 aromatic heterocycles. The van der Waals surface area contributed by atoms with Crippen molar-refractivity contribution in [3.8, 4) is 5.69 Å². The van der Waals surface area contributed by atoms with E-state index in [4.69, 9.17) is 0 Å². The van der Waals surface area contributed by atoms with Gasteiger partial charge in [0.25, 0.3) is 0 Å². The summed E-state index contributed by atoms with van der Waals surface area (Å²) in [7, 11) is 4.01. The summed E-state index contributed by atoms with van der Waals surface area (Å²) < 4.78 is 1.91. The zero-order valence-electron chi connectivity index (χ0n) is 15.7. The van der Waals surface area contributed by atoms with Gasteiger partial charge in [0.1, 0.15) is 0 Å². The number of hydrogen-bond donors (Lipinski definition) is 1. The number of rotatable bonds is 6. The molecule has 0 spiro atoms. The number of halogens is 1. The van der Waals surface area contributed by atoms with Gasteiger partial charge in [0.2, 0.25) is 0 Å². The molecule has 0 unspecified atom stereocenters. The van der Waals surface area contributed by atoms with Crippen LogP contribution in [-0.4, -0.2) is 41.3 Å². The zero-order chi connectivity index (χ0) is 18.2. The minimum Gasteiger partial charge on any atom is -0.356 e. The molecule has 0 aliphatic heterocycles. The maximum Gasteiger partial charge on any atom is 0.193 e. The van der Waals surface area contributed by atoms with E-state index < -0.39 is 0 Å². The van der Waals surface area contributed by atoms with Crippen molar-refractivity contribution in [2.24, 2.45) is 4.99 Å². The monoisotopic (exact) mass is 475 g/mol. The molecule has 0 aliphatic rings. The highest BCUT2D eigenvalue weighted by molar-refractivity contribution is 14.0. The van der Waals surface area contributed by atoms with Crippen LogP contribution in [0.1, 0.15) is 11.1 Å². The van der Waals surface area contributed by atoms with Gasteiger partial charge in [-0.2, -0.15) is 5.10 Å². The Morgan fingerprint density at radius 1 is 1.00 bits per heavy atom. The Morgan fingerprint density at radius 2 is 1.67 bits per heavy atom. The molecule has 2 aromatic carbocycles. The second-order valence-corrected chi connectivity index (χ2v) is 6.33. The van der Waals surface area contributed by atoms with Crippen LogP contribution in [0.4, 0.5) is 0 Å². The smallest absolute Gasteiger partial charge is 0.193 e. The van der Waals surface area contributed by atoms with Crippen molar-refractivity contribution in [1.29, 1.82) is 0 Å². The van der Waals surface area contributed by atoms with Crippen molar-refractivity contribution in [2.45, 2.75) is 13.0 Å². The van der Waals surface area contributed by atoms with Gasteiger partial charge in [-0.15, -0.1) is 24.0 Å². The first-order valence-corrected chi connectivity index (χ1v) is 8.81.